The van der Waals surface area contributed by atoms with Gasteiger partial charge in [-0.2, -0.15) is 0 Å². The highest BCUT2D eigenvalue weighted by atomic mass is 32.1. The molecule has 0 spiro atoms. The van der Waals surface area contributed by atoms with Crippen LogP contribution in [0.2, 0.25) is 0 Å². The lowest BCUT2D eigenvalue weighted by Crippen LogP contribution is -2.33. The number of guanidine groups is 1. The van der Waals surface area contributed by atoms with Crippen LogP contribution < -0.4 is 15.8 Å². The molecule has 0 fully saturated rings. The topological polar surface area (TPSA) is 59.6 Å². The fourth-order valence-electron chi connectivity index (χ4n) is 2.31. The number of benzene rings is 1. The Morgan fingerprint density at radius 1 is 1.30 bits per heavy atom. The molecule has 0 aliphatic rings. The molecular formula is C18H25N3OS. The lowest BCUT2D eigenvalue weighted by atomic mass is 10.0. The van der Waals surface area contributed by atoms with Crippen LogP contribution in [-0.4, -0.2) is 26.2 Å². The summed E-state index contributed by atoms with van der Waals surface area (Å²) < 4.78 is 5.17. The Bertz CT molecular complexity index is 593. The van der Waals surface area contributed by atoms with Gasteiger partial charge < -0.3 is 15.8 Å². The highest BCUT2D eigenvalue weighted by molar-refractivity contribution is 7.09. The third-order valence-electron chi connectivity index (χ3n) is 3.57. The first-order chi connectivity index (χ1) is 11.2. The fourth-order valence-corrected chi connectivity index (χ4v) is 3.02. The van der Waals surface area contributed by atoms with Crippen LogP contribution >= 0.6 is 11.3 Å². The number of hydrogen-bond acceptors (Lipinski definition) is 3. The molecule has 0 amide bonds. The molecular weight excluding hydrogens is 306 g/mol. The van der Waals surface area contributed by atoms with Gasteiger partial charge in [-0.1, -0.05) is 25.1 Å². The van der Waals surface area contributed by atoms with Gasteiger partial charge in [0, 0.05) is 18.0 Å². The summed E-state index contributed by atoms with van der Waals surface area (Å²) in [6, 6.07) is 12.4. The fraction of sp³-hybridized carbons (Fsp3) is 0.389. The average molecular weight is 331 g/mol. The van der Waals surface area contributed by atoms with E-state index < -0.39 is 0 Å². The first-order valence-electron chi connectivity index (χ1n) is 7.86. The van der Waals surface area contributed by atoms with Crippen molar-refractivity contribution in [2.45, 2.75) is 19.8 Å². The molecule has 124 valence electrons. The second kappa shape index (κ2) is 9.20. The van der Waals surface area contributed by atoms with Crippen LogP contribution in [0.3, 0.4) is 0 Å². The Kier molecular flexibility index (Phi) is 6.94. The van der Waals surface area contributed by atoms with Crippen molar-refractivity contribution in [1.82, 2.24) is 5.32 Å². The quantitative estimate of drug-likeness (QED) is 0.577. The van der Waals surface area contributed by atoms with Gasteiger partial charge in [0.2, 0.25) is 0 Å². The number of methoxy groups -OCH3 is 1. The monoisotopic (exact) mass is 331 g/mol. The molecule has 1 heterocycles. The molecule has 5 heteroatoms. The smallest absolute Gasteiger partial charge is 0.188 e. The van der Waals surface area contributed by atoms with Crippen molar-refractivity contribution in [2.24, 2.45) is 16.6 Å². The minimum atomic E-state index is 0.445. The van der Waals surface area contributed by atoms with Gasteiger partial charge in [0.15, 0.2) is 5.96 Å². The SMILES string of the molecule is COc1ccc(CC(C)CN=C(N)NCCc2cccs2)cc1. The van der Waals surface area contributed by atoms with E-state index in [4.69, 9.17) is 10.5 Å². The summed E-state index contributed by atoms with van der Waals surface area (Å²) in [6.07, 6.45) is 1.96. The zero-order chi connectivity index (χ0) is 16.5. The Labute approximate surface area is 142 Å². The Hall–Kier alpha value is -2.01. The highest BCUT2D eigenvalue weighted by Crippen LogP contribution is 2.14. The molecule has 0 saturated heterocycles. The normalized spacial score (nSPS) is 12.9. The van der Waals surface area contributed by atoms with E-state index in [2.05, 4.69) is 46.9 Å². The molecule has 0 bridgehead atoms. The zero-order valence-electron chi connectivity index (χ0n) is 13.8. The van der Waals surface area contributed by atoms with Gasteiger partial charge in [0.05, 0.1) is 7.11 Å². The predicted octanol–water partition coefficient (Wildman–Crippen LogP) is 3.08. The maximum Gasteiger partial charge on any atom is 0.188 e. The first-order valence-corrected chi connectivity index (χ1v) is 8.74. The molecule has 1 unspecified atom stereocenters. The Morgan fingerprint density at radius 2 is 2.09 bits per heavy atom. The van der Waals surface area contributed by atoms with Gasteiger partial charge >= 0.3 is 0 Å². The molecule has 0 aliphatic carbocycles. The van der Waals surface area contributed by atoms with Gasteiger partial charge in [-0.05, 0) is 47.9 Å². The summed E-state index contributed by atoms with van der Waals surface area (Å²) in [7, 11) is 1.68. The summed E-state index contributed by atoms with van der Waals surface area (Å²) in [4.78, 5) is 5.79. The predicted molar refractivity (Wildman–Crippen MR) is 98.4 cm³/mol. The van der Waals surface area contributed by atoms with Crippen molar-refractivity contribution in [3.8, 4) is 5.75 Å². The number of aliphatic imine (C=N–C) groups is 1. The average Bonchev–Trinajstić information content (AvgIpc) is 3.07. The van der Waals surface area contributed by atoms with Gasteiger partial charge in [-0.15, -0.1) is 11.3 Å². The summed E-state index contributed by atoms with van der Waals surface area (Å²) in [5.41, 5.74) is 7.21. The van der Waals surface area contributed by atoms with E-state index in [1.807, 2.05) is 12.1 Å². The van der Waals surface area contributed by atoms with Gasteiger partial charge in [0.1, 0.15) is 5.75 Å². The number of ether oxygens (including phenoxy) is 1. The van der Waals surface area contributed by atoms with Crippen LogP contribution in [-0.2, 0) is 12.8 Å². The molecule has 1 aromatic heterocycles. The number of thiophene rings is 1. The third kappa shape index (κ3) is 6.32. The van der Waals surface area contributed by atoms with Crippen LogP contribution in [0.4, 0.5) is 0 Å². The van der Waals surface area contributed by atoms with Crippen molar-refractivity contribution in [3.05, 3.63) is 52.2 Å². The number of nitrogens with zero attached hydrogens (tertiary/aromatic N) is 1. The van der Waals surface area contributed by atoms with Gasteiger partial charge in [0.25, 0.3) is 0 Å². The summed E-state index contributed by atoms with van der Waals surface area (Å²) in [5, 5.41) is 5.26. The molecule has 1 atom stereocenters. The summed E-state index contributed by atoms with van der Waals surface area (Å²) in [5.74, 6) is 1.86. The maximum atomic E-state index is 5.92. The van der Waals surface area contributed by atoms with E-state index in [1.165, 1.54) is 10.4 Å². The largest absolute Gasteiger partial charge is 0.497 e. The van der Waals surface area contributed by atoms with Crippen molar-refractivity contribution < 1.29 is 4.74 Å². The highest BCUT2D eigenvalue weighted by Gasteiger charge is 2.04. The molecule has 0 radical (unpaired) electrons. The second-order valence-electron chi connectivity index (χ2n) is 5.64. The zero-order valence-corrected chi connectivity index (χ0v) is 14.6. The van der Waals surface area contributed by atoms with Crippen LogP contribution in [0.5, 0.6) is 5.75 Å². The molecule has 3 N–H and O–H groups in total. The van der Waals surface area contributed by atoms with Gasteiger partial charge in [-0.25, -0.2) is 0 Å². The van der Waals surface area contributed by atoms with E-state index in [9.17, 15) is 0 Å². The summed E-state index contributed by atoms with van der Waals surface area (Å²) in [6.45, 7) is 3.74. The summed E-state index contributed by atoms with van der Waals surface area (Å²) >= 11 is 1.77. The minimum Gasteiger partial charge on any atom is -0.497 e. The number of hydrogen-bond donors (Lipinski definition) is 2. The number of rotatable bonds is 8. The molecule has 23 heavy (non-hydrogen) atoms. The lowest BCUT2D eigenvalue weighted by Gasteiger charge is -2.10. The molecule has 2 aromatic rings. The molecule has 0 aliphatic heterocycles. The van der Waals surface area contributed by atoms with Crippen LogP contribution in [0, 0.1) is 5.92 Å². The lowest BCUT2D eigenvalue weighted by molar-refractivity contribution is 0.414. The molecule has 0 saturated carbocycles. The van der Waals surface area contributed by atoms with Crippen molar-refractivity contribution >= 4 is 17.3 Å². The molecule has 1 aromatic carbocycles. The first kappa shape index (κ1) is 17.3. The maximum absolute atomic E-state index is 5.92. The Morgan fingerprint density at radius 3 is 2.74 bits per heavy atom. The van der Waals surface area contributed by atoms with Crippen LogP contribution in [0.15, 0.2) is 46.8 Å². The number of nitrogens with two attached hydrogens (primary N) is 1. The molecule has 2 rings (SSSR count). The van der Waals surface area contributed by atoms with Crippen LogP contribution in [0.25, 0.3) is 0 Å². The van der Waals surface area contributed by atoms with Crippen LogP contribution in [0.1, 0.15) is 17.4 Å². The van der Waals surface area contributed by atoms with Crippen molar-refractivity contribution in [1.29, 1.82) is 0 Å². The van der Waals surface area contributed by atoms with E-state index in [0.717, 1.165) is 31.7 Å². The van der Waals surface area contributed by atoms with Crippen molar-refractivity contribution in [2.75, 3.05) is 20.2 Å². The molecule has 4 nitrogen and oxygen atoms in total. The standard InChI is InChI=1S/C18H25N3OS/c1-14(12-15-5-7-16(22-2)8-6-15)13-21-18(19)20-10-9-17-4-3-11-23-17/h3-8,11,14H,9-10,12-13H2,1-2H3,(H3,19,20,21). The van der Waals surface area contributed by atoms with Gasteiger partial charge in [-0.3, -0.25) is 4.99 Å². The van der Waals surface area contributed by atoms with E-state index in [0.29, 0.717) is 11.9 Å². The second-order valence-corrected chi connectivity index (χ2v) is 6.67. The minimum absolute atomic E-state index is 0.445. The number of nitrogens with one attached hydrogen (secondary N) is 1. The Balaban J connectivity index is 1.69. The van der Waals surface area contributed by atoms with Crippen molar-refractivity contribution in [3.63, 3.8) is 0 Å². The van der Waals surface area contributed by atoms with E-state index in [1.54, 1.807) is 18.4 Å². The van der Waals surface area contributed by atoms with E-state index >= 15 is 0 Å². The van der Waals surface area contributed by atoms with E-state index in [-0.39, 0.29) is 0 Å². The third-order valence-corrected chi connectivity index (χ3v) is 4.51.